The molecule has 0 aliphatic carbocycles. The van der Waals surface area contributed by atoms with Crippen LogP contribution in [0.2, 0.25) is 0 Å². The van der Waals surface area contributed by atoms with Gasteiger partial charge in [0.1, 0.15) is 60.4 Å². The van der Waals surface area contributed by atoms with E-state index in [-0.39, 0.29) is 48.5 Å². The lowest BCUT2D eigenvalue weighted by atomic mass is 9.91. The molecule has 0 aliphatic heterocycles. The Bertz CT molecular complexity index is 2320. The number of benzene rings is 3. The SMILES string of the molecule is C=C(C(=O)OCCCc1cc(-c2c(F)cc(-c3ccc(CCCCCCC)cc3)cc2F)ccc1OCC(COC(=O)C(=C)C(F)(F)F)(COC(=O)C(=O)CCOC)COC(=O)C(=O)CCOC)C(F)(F)F. The first-order chi connectivity index (χ1) is 34.0. The van der Waals surface area contributed by atoms with E-state index in [2.05, 4.69) is 20.1 Å². The molecule has 0 radical (unpaired) electrons. The normalized spacial score (nSPS) is 11.7. The van der Waals surface area contributed by atoms with E-state index in [1.54, 1.807) is 12.1 Å². The van der Waals surface area contributed by atoms with Crippen LogP contribution in [0.25, 0.3) is 22.3 Å². The Balaban J connectivity index is 2.10. The molecule has 0 N–H and O–H groups in total. The first-order valence-corrected chi connectivity index (χ1v) is 22.6. The number of alkyl halides is 6. The minimum absolute atomic E-state index is 0.0150. The fourth-order valence-electron chi connectivity index (χ4n) is 6.61. The minimum atomic E-state index is -5.29. The van der Waals surface area contributed by atoms with Gasteiger partial charge in [-0.05, 0) is 77.8 Å². The Kier molecular flexibility index (Phi) is 23.7. The molecule has 13 nitrogen and oxygen atoms in total. The van der Waals surface area contributed by atoms with Crippen LogP contribution in [0.4, 0.5) is 35.1 Å². The molecule has 0 saturated carbocycles. The zero-order valence-corrected chi connectivity index (χ0v) is 40.0. The van der Waals surface area contributed by atoms with Crippen molar-refractivity contribution in [2.75, 3.05) is 60.5 Å². The molecule has 3 aromatic carbocycles. The van der Waals surface area contributed by atoms with Gasteiger partial charge in [-0.1, -0.05) is 76.1 Å². The number of carbonyl (C=O) groups excluding carboxylic acids is 6. The Morgan fingerprint density at radius 1 is 0.528 bits per heavy atom. The molecule has 0 atom stereocenters. The molecule has 21 heteroatoms. The van der Waals surface area contributed by atoms with Crippen LogP contribution in [0.15, 0.2) is 78.9 Å². The van der Waals surface area contributed by atoms with Crippen molar-refractivity contribution >= 4 is 35.4 Å². The molecule has 394 valence electrons. The number of unbranched alkanes of at least 4 members (excludes halogenated alkanes) is 4. The first-order valence-electron chi connectivity index (χ1n) is 22.6. The summed E-state index contributed by atoms with van der Waals surface area (Å²) >= 11 is 0. The van der Waals surface area contributed by atoms with E-state index >= 15 is 8.78 Å². The summed E-state index contributed by atoms with van der Waals surface area (Å²) in [6, 6.07) is 13.0. The van der Waals surface area contributed by atoms with Crippen molar-refractivity contribution in [3.05, 3.63) is 102 Å². The van der Waals surface area contributed by atoms with Crippen molar-refractivity contribution in [2.45, 2.75) is 83.5 Å². The summed E-state index contributed by atoms with van der Waals surface area (Å²) in [7, 11) is 2.45. The predicted molar refractivity (Wildman–Crippen MR) is 243 cm³/mol. The van der Waals surface area contributed by atoms with Gasteiger partial charge in [0.2, 0.25) is 11.6 Å². The monoisotopic (exact) mass is 1030 g/mol. The first kappa shape index (κ1) is 59.8. The van der Waals surface area contributed by atoms with Gasteiger partial charge in [0.25, 0.3) is 0 Å². The molecule has 0 amide bonds. The molecule has 0 aliphatic rings. The van der Waals surface area contributed by atoms with Gasteiger partial charge in [0.15, 0.2) is 0 Å². The van der Waals surface area contributed by atoms with Crippen molar-refractivity contribution in [2.24, 2.45) is 5.41 Å². The lowest BCUT2D eigenvalue weighted by molar-refractivity contribution is -0.170. The number of Topliss-reactive ketones (excluding diaryl/α,β-unsaturated/α-hetero) is 2. The maximum atomic E-state index is 16.1. The van der Waals surface area contributed by atoms with Crippen LogP contribution in [0.5, 0.6) is 5.75 Å². The highest BCUT2D eigenvalue weighted by Gasteiger charge is 2.43. The van der Waals surface area contributed by atoms with Gasteiger partial charge >= 0.3 is 36.2 Å². The third-order valence-electron chi connectivity index (χ3n) is 10.8. The third kappa shape index (κ3) is 18.9. The van der Waals surface area contributed by atoms with Gasteiger partial charge in [-0.25, -0.2) is 28.0 Å². The number of halogens is 8. The van der Waals surface area contributed by atoms with E-state index in [0.29, 0.717) is 5.56 Å². The second-order valence-corrected chi connectivity index (χ2v) is 16.5. The van der Waals surface area contributed by atoms with E-state index in [1.165, 1.54) is 32.4 Å². The molecule has 72 heavy (non-hydrogen) atoms. The van der Waals surface area contributed by atoms with E-state index in [0.717, 1.165) is 56.2 Å². The minimum Gasteiger partial charge on any atom is -0.492 e. The molecule has 0 heterocycles. The highest BCUT2D eigenvalue weighted by atomic mass is 19.4. The number of aryl methyl sites for hydroxylation is 2. The third-order valence-corrected chi connectivity index (χ3v) is 10.8. The van der Waals surface area contributed by atoms with E-state index in [9.17, 15) is 55.1 Å². The number of rotatable bonds is 31. The number of hydrogen-bond acceptors (Lipinski definition) is 13. The molecule has 3 aromatic rings. The zero-order valence-electron chi connectivity index (χ0n) is 40.0. The fraction of sp³-hybridized carbons (Fsp3) is 0.451. The van der Waals surface area contributed by atoms with Crippen molar-refractivity contribution in [3.63, 3.8) is 0 Å². The smallest absolute Gasteiger partial charge is 0.422 e. The van der Waals surface area contributed by atoms with E-state index in [1.807, 2.05) is 12.1 Å². The molecule has 0 unspecified atom stereocenters. The average molecular weight is 1030 g/mol. The second kappa shape index (κ2) is 28.5. The van der Waals surface area contributed by atoms with Gasteiger partial charge in [-0.15, -0.1) is 0 Å². The Morgan fingerprint density at radius 3 is 1.51 bits per heavy atom. The van der Waals surface area contributed by atoms with Crippen LogP contribution in [-0.4, -0.2) is 108 Å². The molecule has 0 aromatic heterocycles. The summed E-state index contributed by atoms with van der Waals surface area (Å²) < 4.78 is 147. The Morgan fingerprint density at radius 2 is 1.01 bits per heavy atom. The van der Waals surface area contributed by atoms with Crippen LogP contribution >= 0.6 is 0 Å². The number of ketones is 2. The summed E-state index contributed by atoms with van der Waals surface area (Å²) in [5.74, 6) is -11.4. The van der Waals surface area contributed by atoms with Gasteiger partial charge in [-0.3, -0.25) is 9.59 Å². The summed E-state index contributed by atoms with van der Waals surface area (Å²) in [6.07, 6.45) is -5.65. The number of ether oxygens (including phenoxy) is 7. The summed E-state index contributed by atoms with van der Waals surface area (Å²) in [6.45, 7) is 1.95. The number of hydrogen-bond donors (Lipinski definition) is 0. The van der Waals surface area contributed by atoms with Crippen molar-refractivity contribution in [1.29, 1.82) is 0 Å². The van der Waals surface area contributed by atoms with Gasteiger partial charge in [0.05, 0.1) is 25.4 Å². The van der Waals surface area contributed by atoms with Crippen molar-refractivity contribution in [3.8, 4) is 28.0 Å². The molecule has 0 saturated heterocycles. The standard InChI is InChI=1S/C51H56F8O13/c1-6-7-8-9-10-12-34-14-16-35(17-15-34)38-26-39(52)44(40(53)27-38)37-18-19-43(36(25-37)13-11-22-68-45(62)32(2)50(54,55)56)69-28-49(29-70-46(63)33(3)51(57,58)59,30-71-47(64)41(60)20-23-66-4)31-72-48(65)42(61)21-24-67-5/h14-19,25-27H,2-3,6-13,20-24,28-31H2,1,4-5H3. The maximum Gasteiger partial charge on any atom is 0.422 e. The fourth-order valence-corrected chi connectivity index (χ4v) is 6.61. The van der Waals surface area contributed by atoms with Crippen molar-refractivity contribution < 1.29 is 97.0 Å². The van der Waals surface area contributed by atoms with Gasteiger partial charge < -0.3 is 33.2 Å². The quantitative estimate of drug-likeness (QED) is 0.0149. The zero-order chi connectivity index (χ0) is 53.6. The van der Waals surface area contributed by atoms with Gasteiger partial charge in [-0.2, -0.15) is 26.3 Å². The van der Waals surface area contributed by atoms with E-state index < -0.39 is 127 Å². The highest BCUT2D eigenvalue weighted by Crippen LogP contribution is 2.36. The van der Waals surface area contributed by atoms with Crippen LogP contribution in [0.3, 0.4) is 0 Å². The molecular weight excluding hydrogens is 973 g/mol. The predicted octanol–water partition coefficient (Wildman–Crippen LogP) is 9.73. The highest BCUT2D eigenvalue weighted by molar-refractivity contribution is 6.34. The second-order valence-electron chi connectivity index (χ2n) is 16.5. The van der Waals surface area contributed by atoms with Crippen molar-refractivity contribution in [1.82, 2.24) is 0 Å². The Hall–Kier alpha value is -6.48. The molecule has 0 bridgehead atoms. The summed E-state index contributed by atoms with van der Waals surface area (Å²) in [4.78, 5) is 75.2. The topological polar surface area (TPSA) is 167 Å². The molecule has 3 rings (SSSR count). The van der Waals surface area contributed by atoms with Gasteiger partial charge in [0, 0.05) is 27.1 Å². The Labute approximate surface area is 410 Å². The average Bonchev–Trinajstić information content (AvgIpc) is 3.34. The van der Waals surface area contributed by atoms with Crippen LogP contribution < -0.4 is 4.74 Å². The van der Waals surface area contributed by atoms with Crippen LogP contribution in [0.1, 0.15) is 69.4 Å². The van der Waals surface area contributed by atoms with Crippen LogP contribution in [0, 0.1) is 17.0 Å². The maximum absolute atomic E-state index is 16.1. The number of esters is 4. The number of methoxy groups -OCH3 is 2. The summed E-state index contributed by atoms with van der Waals surface area (Å²) in [5, 5.41) is 0. The summed E-state index contributed by atoms with van der Waals surface area (Å²) in [5.41, 5.74) is -4.87. The molecular formula is C51H56F8O13. The molecule has 0 fully saturated rings. The largest absolute Gasteiger partial charge is 0.492 e. The molecule has 0 spiro atoms. The number of carbonyl (C=O) groups is 6. The van der Waals surface area contributed by atoms with E-state index in [4.69, 9.17) is 33.2 Å². The van der Waals surface area contributed by atoms with Crippen LogP contribution in [-0.2, 0) is 70.0 Å². The lowest BCUT2D eigenvalue weighted by Gasteiger charge is -2.32. The lowest BCUT2D eigenvalue weighted by Crippen LogP contribution is -2.45.